The zero-order chi connectivity index (χ0) is 29.6. The van der Waals surface area contributed by atoms with E-state index < -0.39 is 42.1 Å². The van der Waals surface area contributed by atoms with Crippen molar-refractivity contribution in [2.24, 2.45) is 0 Å². The van der Waals surface area contributed by atoms with Crippen LogP contribution in [0.25, 0.3) is 0 Å². The molecule has 0 N–H and O–H groups in total. The van der Waals surface area contributed by atoms with Gasteiger partial charge in [-0.2, -0.15) is 0 Å². The van der Waals surface area contributed by atoms with Gasteiger partial charge in [-0.1, -0.05) is 46.1 Å². The number of hydrogen-bond acceptors (Lipinski definition) is 6. The topological polar surface area (TPSA) is 63.2 Å². The van der Waals surface area contributed by atoms with E-state index in [2.05, 4.69) is 85.9 Å². The van der Waals surface area contributed by atoms with Crippen molar-refractivity contribution in [3.8, 4) is 0 Å². The number of carbonyl (C=O) groups excluding carboxylic acids is 1. The van der Waals surface area contributed by atoms with Crippen LogP contribution in [0.1, 0.15) is 52.9 Å². The second kappa shape index (κ2) is 17.7. The first kappa shape index (κ1) is 39.3. The summed E-state index contributed by atoms with van der Waals surface area (Å²) in [5, 5.41) is 0. The van der Waals surface area contributed by atoms with Crippen molar-refractivity contribution in [3.05, 3.63) is 12.2 Å². The Morgan fingerprint density at radius 3 is 1.54 bits per heavy atom. The average Bonchev–Trinajstić information content (AvgIpc) is 2.71. The quantitative estimate of drug-likeness (QED) is 0.0669. The fraction of sp³-hybridized carbons (Fsp3) is 0.885. The molecular weight excluding hydrogens is 549 g/mol. The molecule has 0 amide bonds. The monoisotopic (exact) mass is 610 g/mol. The van der Waals surface area contributed by atoms with Gasteiger partial charge in [-0.05, 0) is 96.9 Å². The molecule has 0 aliphatic carbocycles. The van der Waals surface area contributed by atoms with E-state index in [1.807, 2.05) is 0 Å². The molecule has 0 bridgehead atoms. The van der Waals surface area contributed by atoms with Crippen molar-refractivity contribution < 1.29 is 26.3 Å². The standard InChI is InChI=1S/C17H38O5Si3.C9H24OSi2/c1-10-11-14-23(5,6)21-24(7,8)22-25(9,19-4)15-12-13-20-17(18)16(2)3;1-7-8-9-12(5,6)10-11(2,3)4/h2,10-15H2,1,3-9H3;7-9H2,1-6H3. The minimum absolute atomic E-state index is 0.344. The summed E-state index contributed by atoms with van der Waals surface area (Å²) in [4.78, 5) is 11.4. The summed E-state index contributed by atoms with van der Waals surface area (Å²) in [6, 6.07) is 3.25. The van der Waals surface area contributed by atoms with Gasteiger partial charge in [0.25, 0.3) is 0 Å². The zero-order valence-electron chi connectivity index (χ0n) is 27.0. The van der Waals surface area contributed by atoms with E-state index in [4.69, 9.17) is 21.5 Å². The van der Waals surface area contributed by atoms with Gasteiger partial charge in [-0.15, -0.1) is 0 Å². The molecule has 1 atom stereocenters. The number of ether oxygens (including phenoxy) is 1. The average molecular weight is 611 g/mol. The molecular formula is C26H62O6Si5. The van der Waals surface area contributed by atoms with Crippen LogP contribution in [0.4, 0.5) is 0 Å². The third-order valence-electron chi connectivity index (χ3n) is 5.62. The lowest BCUT2D eigenvalue weighted by Gasteiger charge is -2.39. The highest BCUT2D eigenvalue weighted by Gasteiger charge is 2.42. The maximum absolute atomic E-state index is 11.4. The Kier molecular flexibility index (Phi) is 18.8. The van der Waals surface area contributed by atoms with Gasteiger partial charge in [0.2, 0.25) is 0 Å². The molecule has 0 radical (unpaired) electrons. The van der Waals surface area contributed by atoms with E-state index in [1.165, 1.54) is 31.7 Å². The molecule has 0 saturated heterocycles. The van der Waals surface area contributed by atoms with Crippen molar-refractivity contribution >= 4 is 48.0 Å². The fourth-order valence-electron chi connectivity index (χ4n) is 4.22. The lowest BCUT2D eigenvalue weighted by atomic mass is 10.4. The highest BCUT2D eigenvalue weighted by Crippen LogP contribution is 2.27. The summed E-state index contributed by atoms with van der Waals surface area (Å²) in [6.07, 6.45) is 5.75. The molecule has 0 aromatic rings. The number of rotatable bonds is 18. The second-order valence-electron chi connectivity index (χ2n) is 12.9. The number of hydrogen-bond donors (Lipinski definition) is 0. The molecule has 0 aromatic heterocycles. The summed E-state index contributed by atoms with van der Waals surface area (Å²) in [6.45, 7) is 32.4. The lowest BCUT2D eigenvalue weighted by molar-refractivity contribution is -0.138. The molecule has 0 aliphatic rings. The van der Waals surface area contributed by atoms with Crippen LogP contribution in [0.2, 0.25) is 83.6 Å². The number of unbranched alkanes of at least 4 members (excludes halogenated alkanes) is 2. The van der Waals surface area contributed by atoms with E-state index in [1.54, 1.807) is 14.0 Å². The minimum atomic E-state index is -2.34. The summed E-state index contributed by atoms with van der Waals surface area (Å²) >= 11 is 0. The molecule has 0 fully saturated rings. The molecule has 37 heavy (non-hydrogen) atoms. The Balaban J connectivity index is 0. The Bertz CT molecular complexity index is 664. The summed E-state index contributed by atoms with van der Waals surface area (Å²) < 4.78 is 30.1. The highest BCUT2D eigenvalue weighted by molar-refractivity contribution is 6.86. The summed E-state index contributed by atoms with van der Waals surface area (Å²) in [7, 11) is -7.20. The van der Waals surface area contributed by atoms with Crippen LogP contribution in [0.15, 0.2) is 12.2 Å². The smallest absolute Gasteiger partial charge is 0.333 e. The van der Waals surface area contributed by atoms with Crippen LogP contribution in [-0.4, -0.2) is 61.8 Å². The SMILES string of the molecule is C=C(C)C(=O)OCCC[Si](C)(OC)O[Si](C)(C)O[Si](C)(C)CCCC.CCCC[Si](C)(C)O[Si](C)(C)C. The number of carbonyl (C=O) groups is 1. The van der Waals surface area contributed by atoms with Crippen molar-refractivity contribution in [1.82, 2.24) is 0 Å². The Hall–Kier alpha value is 0.134. The summed E-state index contributed by atoms with van der Waals surface area (Å²) in [5.74, 6) is -0.344. The number of esters is 1. The molecule has 0 aliphatic heterocycles. The maximum Gasteiger partial charge on any atom is 0.333 e. The minimum Gasteiger partial charge on any atom is -0.462 e. The predicted molar refractivity (Wildman–Crippen MR) is 172 cm³/mol. The largest absolute Gasteiger partial charge is 0.462 e. The van der Waals surface area contributed by atoms with E-state index >= 15 is 0 Å². The van der Waals surface area contributed by atoms with Crippen LogP contribution in [0, 0.1) is 0 Å². The van der Waals surface area contributed by atoms with Crippen molar-refractivity contribution in [3.63, 3.8) is 0 Å². The predicted octanol–water partition coefficient (Wildman–Crippen LogP) is 8.80. The summed E-state index contributed by atoms with van der Waals surface area (Å²) in [5.41, 5.74) is 0.421. The Labute approximate surface area is 236 Å². The Morgan fingerprint density at radius 1 is 0.703 bits per heavy atom. The molecule has 0 heterocycles. The first-order valence-electron chi connectivity index (χ1n) is 14.1. The molecule has 0 saturated carbocycles. The van der Waals surface area contributed by atoms with Gasteiger partial charge in [0.1, 0.15) is 0 Å². The van der Waals surface area contributed by atoms with E-state index in [0.717, 1.165) is 18.5 Å². The molecule has 1 unspecified atom stereocenters. The third-order valence-corrected chi connectivity index (χ3v) is 23.4. The second-order valence-corrected chi connectivity index (χ2v) is 33.6. The van der Waals surface area contributed by atoms with Gasteiger partial charge in [-0.3, -0.25) is 0 Å². The maximum atomic E-state index is 11.4. The van der Waals surface area contributed by atoms with Crippen LogP contribution in [-0.2, 0) is 26.3 Å². The molecule has 0 aromatic carbocycles. The van der Waals surface area contributed by atoms with Crippen LogP contribution >= 0.6 is 0 Å². The third kappa shape index (κ3) is 22.6. The Morgan fingerprint density at radius 2 is 1.16 bits per heavy atom. The molecule has 6 nitrogen and oxygen atoms in total. The van der Waals surface area contributed by atoms with Crippen LogP contribution < -0.4 is 0 Å². The van der Waals surface area contributed by atoms with Crippen molar-refractivity contribution in [1.29, 1.82) is 0 Å². The van der Waals surface area contributed by atoms with E-state index in [-0.39, 0.29) is 5.97 Å². The van der Waals surface area contributed by atoms with Crippen LogP contribution in [0.3, 0.4) is 0 Å². The first-order chi connectivity index (χ1) is 16.6. The van der Waals surface area contributed by atoms with Gasteiger partial charge in [0, 0.05) is 12.7 Å². The van der Waals surface area contributed by atoms with Gasteiger partial charge >= 0.3 is 23.1 Å². The van der Waals surface area contributed by atoms with Crippen LogP contribution in [0.5, 0.6) is 0 Å². The van der Waals surface area contributed by atoms with E-state index in [0.29, 0.717) is 12.2 Å². The van der Waals surface area contributed by atoms with Gasteiger partial charge in [-0.25, -0.2) is 4.79 Å². The first-order valence-corrected chi connectivity index (χ1v) is 29.1. The fourth-order valence-corrected chi connectivity index (χ4v) is 25.8. The zero-order valence-corrected chi connectivity index (χ0v) is 32.0. The lowest BCUT2D eigenvalue weighted by Crippen LogP contribution is -2.54. The normalized spacial score (nSPS) is 14.4. The van der Waals surface area contributed by atoms with Gasteiger partial charge in [0.15, 0.2) is 25.0 Å². The van der Waals surface area contributed by atoms with E-state index in [9.17, 15) is 4.79 Å². The van der Waals surface area contributed by atoms with Gasteiger partial charge < -0.3 is 21.5 Å². The highest BCUT2D eigenvalue weighted by atomic mass is 28.5. The molecule has 0 spiro atoms. The van der Waals surface area contributed by atoms with Gasteiger partial charge in [0.05, 0.1) is 6.61 Å². The van der Waals surface area contributed by atoms with Crippen molar-refractivity contribution in [2.75, 3.05) is 13.7 Å². The van der Waals surface area contributed by atoms with Crippen molar-refractivity contribution in [2.45, 2.75) is 136 Å². The molecule has 11 heteroatoms. The molecule has 0 rings (SSSR count). The molecule has 222 valence electrons.